The zero-order chi connectivity index (χ0) is 18.2. The Kier molecular flexibility index (Phi) is 6.41. The number of hydrogen-bond donors (Lipinski definition) is 1. The molecule has 0 aromatic carbocycles. The van der Waals surface area contributed by atoms with Crippen molar-refractivity contribution in [3.8, 4) is 0 Å². The van der Waals surface area contributed by atoms with Crippen LogP contribution in [-0.2, 0) is 13.1 Å². The van der Waals surface area contributed by atoms with Crippen molar-refractivity contribution in [1.29, 1.82) is 0 Å². The summed E-state index contributed by atoms with van der Waals surface area (Å²) < 4.78 is 0. The number of nitrogens with zero attached hydrogens (tertiary/aromatic N) is 4. The summed E-state index contributed by atoms with van der Waals surface area (Å²) in [4.78, 5) is 24.8. The van der Waals surface area contributed by atoms with E-state index in [2.05, 4.69) is 32.3 Å². The van der Waals surface area contributed by atoms with Crippen molar-refractivity contribution in [2.45, 2.75) is 38.8 Å². The number of pyridine rings is 2. The Bertz CT molecular complexity index is 681. The molecule has 0 spiro atoms. The number of rotatable bonds is 5. The molecule has 3 heterocycles. The zero-order valence-electron chi connectivity index (χ0n) is 15.4. The third kappa shape index (κ3) is 5.18. The second-order valence-electron chi connectivity index (χ2n) is 6.80. The number of anilines is 1. The molecule has 0 aliphatic carbocycles. The number of carbonyl (C=O) groups is 1. The molecule has 1 fully saturated rings. The minimum Gasteiger partial charge on any atom is -0.357 e. The lowest BCUT2D eigenvalue weighted by Crippen LogP contribution is -2.36. The topological polar surface area (TPSA) is 61.4 Å². The first-order valence-electron chi connectivity index (χ1n) is 9.30. The molecule has 1 aliphatic heterocycles. The molecular formula is C20H27N5O. The molecule has 2 aromatic heterocycles. The fourth-order valence-electron chi connectivity index (χ4n) is 3.15. The molecule has 1 saturated heterocycles. The Morgan fingerprint density at radius 3 is 2.46 bits per heavy atom. The first-order chi connectivity index (χ1) is 12.7. The van der Waals surface area contributed by atoms with E-state index in [1.807, 2.05) is 18.3 Å². The fraction of sp³-hybridized carbons (Fsp3) is 0.450. The smallest absolute Gasteiger partial charge is 0.317 e. The molecule has 0 unspecified atom stereocenters. The van der Waals surface area contributed by atoms with E-state index in [1.54, 1.807) is 24.3 Å². The third-order valence-electron chi connectivity index (χ3n) is 4.70. The van der Waals surface area contributed by atoms with Crippen LogP contribution in [0.1, 0.15) is 36.8 Å². The highest BCUT2D eigenvalue weighted by atomic mass is 16.2. The summed E-state index contributed by atoms with van der Waals surface area (Å²) in [7, 11) is 1.79. The molecular weight excluding hydrogens is 326 g/mol. The van der Waals surface area contributed by atoms with Gasteiger partial charge in [-0.05, 0) is 42.2 Å². The number of amides is 2. The first kappa shape index (κ1) is 18.2. The van der Waals surface area contributed by atoms with Crippen molar-refractivity contribution >= 4 is 11.8 Å². The maximum absolute atomic E-state index is 12.2. The number of carbonyl (C=O) groups excluding carboxylic acids is 1. The summed E-state index contributed by atoms with van der Waals surface area (Å²) in [6, 6.07) is 7.84. The maximum atomic E-state index is 12.2. The molecule has 6 nitrogen and oxygen atoms in total. The maximum Gasteiger partial charge on any atom is 0.317 e. The lowest BCUT2D eigenvalue weighted by atomic mass is 10.2. The van der Waals surface area contributed by atoms with Crippen molar-refractivity contribution in [3.05, 3.63) is 54.0 Å². The van der Waals surface area contributed by atoms with Gasteiger partial charge in [0, 0.05) is 51.8 Å². The summed E-state index contributed by atoms with van der Waals surface area (Å²) in [5.74, 6) is 1.04. The summed E-state index contributed by atoms with van der Waals surface area (Å²) >= 11 is 0. The Morgan fingerprint density at radius 2 is 1.81 bits per heavy atom. The van der Waals surface area contributed by atoms with Crippen molar-refractivity contribution in [1.82, 2.24) is 20.2 Å². The van der Waals surface area contributed by atoms with Crippen LogP contribution in [0.5, 0.6) is 0 Å². The van der Waals surface area contributed by atoms with E-state index >= 15 is 0 Å². The molecule has 2 aromatic rings. The normalized spacial score (nSPS) is 14.6. The van der Waals surface area contributed by atoms with Crippen molar-refractivity contribution in [2.24, 2.45) is 0 Å². The zero-order valence-corrected chi connectivity index (χ0v) is 15.4. The van der Waals surface area contributed by atoms with Gasteiger partial charge in [-0.2, -0.15) is 0 Å². The van der Waals surface area contributed by atoms with Gasteiger partial charge in [-0.1, -0.05) is 18.9 Å². The van der Waals surface area contributed by atoms with E-state index in [-0.39, 0.29) is 6.03 Å². The van der Waals surface area contributed by atoms with Crippen LogP contribution in [0.2, 0.25) is 0 Å². The van der Waals surface area contributed by atoms with E-state index in [0.717, 1.165) is 30.0 Å². The SMILES string of the molecule is CN(Cc1ccncc1)C(=O)NCc1ccc(N2CCCCCC2)nc1. The average molecular weight is 353 g/mol. The van der Waals surface area contributed by atoms with Gasteiger partial charge in [0.1, 0.15) is 5.82 Å². The molecule has 0 radical (unpaired) electrons. The Hall–Kier alpha value is -2.63. The monoisotopic (exact) mass is 353 g/mol. The Balaban J connectivity index is 1.48. The lowest BCUT2D eigenvalue weighted by Gasteiger charge is -2.21. The molecule has 138 valence electrons. The van der Waals surface area contributed by atoms with Crippen molar-refractivity contribution < 1.29 is 4.79 Å². The van der Waals surface area contributed by atoms with E-state index < -0.39 is 0 Å². The van der Waals surface area contributed by atoms with Crippen LogP contribution < -0.4 is 10.2 Å². The number of nitrogens with one attached hydrogen (secondary N) is 1. The van der Waals surface area contributed by atoms with E-state index in [9.17, 15) is 4.79 Å². The van der Waals surface area contributed by atoms with Gasteiger partial charge >= 0.3 is 6.03 Å². The van der Waals surface area contributed by atoms with Crippen LogP contribution in [0.4, 0.5) is 10.6 Å². The van der Waals surface area contributed by atoms with Crippen LogP contribution in [0.3, 0.4) is 0 Å². The van der Waals surface area contributed by atoms with Gasteiger partial charge in [0.2, 0.25) is 0 Å². The van der Waals surface area contributed by atoms with Crippen LogP contribution in [0, 0.1) is 0 Å². The van der Waals surface area contributed by atoms with Gasteiger partial charge in [0.25, 0.3) is 0 Å². The highest BCUT2D eigenvalue weighted by Crippen LogP contribution is 2.17. The summed E-state index contributed by atoms with van der Waals surface area (Å²) in [6.45, 7) is 3.21. The van der Waals surface area contributed by atoms with E-state index in [0.29, 0.717) is 13.1 Å². The number of aromatic nitrogens is 2. The molecule has 0 atom stereocenters. The van der Waals surface area contributed by atoms with Gasteiger partial charge in [-0.25, -0.2) is 9.78 Å². The van der Waals surface area contributed by atoms with Crippen molar-refractivity contribution in [2.75, 3.05) is 25.0 Å². The summed E-state index contributed by atoms with van der Waals surface area (Å²) in [5.41, 5.74) is 2.07. The van der Waals surface area contributed by atoms with Crippen molar-refractivity contribution in [3.63, 3.8) is 0 Å². The largest absolute Gasteiger partial charge is 0.357 e. The Labute approximate surface area is 155 Å². The standard InChI is InChI=1S/C20H27N5O/c1-24(16-17-8-10-21-11-9-17)20(26)23-15-18-6-7-19(22-14-18)25-12-4-2-3-5-13-25/h6-11,14H,2-5,12-13,15-16H2,1H3,(H,23,26). The van der Waals surface area contributed by atoms with Gasteiger partial charge in [0.15, 0.2) is 0 Å². The van der Waals surface area contributed by atoms with Crippen LogP contribution in [0.25, 0.3) is 0 Å². The van der Waals surface area contributed by atoms with E-state index in [1.165, 1.54) is 25.7 Å². The molecule has 3 rings (SSSR count). The van der Waals surface area contributed by atoms with E-state index in [4.69, 9.17) is 0 Å². The molecule has 0 saturated carbocycles. The van der Waals surface area contributed by atoms with Gasteiger partial charge < -0.3 is 15.1 Å². The molecule has 0 bridgehead atoms. The van der Waals surface area contributed by atoms with Crippen LogP contribution >= 0.6 is 0 Å². The molecule has 6 heteroatoms. The molecule has 1 N–H and O–H groups in total. The van der Waals surface area contributed by atoms with Crippen LogP contribution in [-0.4, -0.2) is 41.0 Å². The van der Waals surface area contributed by atoms with Crippen LogP contribution in [0.15, 0.2) is 42.9 Å². The van der Waals surface area contributed by atoms with Gasteiger partial charge in [0.05, 0.1) is 0 Å². The predicted molar refractivity (Wildman–Crippen MR) is 103 cm³/mol. The second kappa shape index (κ2) is 9.17. The minimum absolute atomic E-state index is 0.0987. The number of hydrogen-bond acceptors (Lipinski definition) is 4. The average Bonchev–Trinajstić information content (AvgIpc) is 2.97. The second-order valence-corrected chi connectivity index (χ2v) is 6.80. The first-order valence-corrected chi connectivity index (χ1v) is 9.30. The fourth-order valence-corrected chi connectivity index (χ4v) is 3.15. The minimum atomic E-state index is -0.0987. The number of urea groups is 1. The molecule has 26 heavy (non-hydrogen) atoms. The quantitative estimate of drug-likeness (QED) is 0.897. The van der Waals surface area contributed by atoms with Gasteiger partial charge in [-0.15, -0.1) is 0 Å². The lowest BCUT2D eigenvalue weighted by molar-refractivity contribution is 0.206. The summed E-state index contributed by atoms with van der Waals surface area (Å²) in [6.07, 6.45) is 10.4. The predicted octanol–water partition coefficient (Wildman–Crippen LogP) is 3.20. The van der Waals surface area contributed by atoms with Gasteiger partial charge in [-0.3, -0.25) is 4.98 Å². The molecule has 2 amide bonds. The highest BCUT2D eigenvalue weighted by molar-refractivity contribution is 5.73. The Morgan fingerprint density at radius 1 is 1.08 bits per heavy atom. The molecule has 1 aliphatic rings. The third-order valence-corrected chi connectivity index (χ3v) is 4.70. The highest BCUT2D eigenvalue weighted by Gasteiger charge is 2.12. The summed E-state index contributed by atoms with van der Waals surface area (Å²) in [5, 5.41) is 2.95.